The molecule has 0 spiro atoms. The Morgan fingerprint density at radius 3 is 2.33 bits per heavy atom. The number of rotatable bonds is 1. The highest BCUT2D eigenvalue weighted by Crippen LogP contribution is 2.32. The number of aromatic nitrogens is 3. The van der Waals surface area contributed by atoms with Crippen molar-refractivity contribution in [2.24, 2.45) is 5.41 Å². The highest BCUT2D eigenvalue weighted by atomic mass is 35.5. The molecule has 1 unspecified atom stereocenters. The van der Waals surface area contributed by atoms with Gasteiger partial charge in [-0.2, -0.15) is 0 Å². The first-order valence-electron chi connectivity index (χ1n) is 3.99. The van der Waals surface area contributed by atoms with E-state index in [1.165, 1.54) is 0 Å². The van der Waals surface area contributed by atoms with Crippen LogP contribution in [0.3, 0.4) is 0 Å². The third kappa shape index (κ3) is 1.97. The fourth-order valence-corrected chi connectivity index (χ4v) is 0.990. The highest BCUT2D eigenvalue weighted by Gasteiger charge is 2.24. The highest BCUT2D eigenvalue weighted by molar-refractivity contribution is 6.28. The van der Waals surface area contributed by atoms with Crippen LogP contribution >= 0.6 is 11.6 Å². The normalized spacial score (nSPS) is 14.8. The van der Waals surface area contributed by atoms with Gasteiger partial charge in [0.15, 0.2) is 0 Å². The number of halogens is 1. The lowest BCUT2D eigenvalue weighted by atomic mass is 9.82. The van der Waals surface area contributed by atoms with Crippen LogP contribution in [0.4, 0.5) is 0 Å². The van der Waals surface area contributed by atoms with E-state index in [0.29, 0.717) is 11.2 Å². The quantitative estimate of drug-likeness (QED) is 0.735. The second kappa shape index (κ2) is 3.05. The summed E-state index contributed by atoms with van der Waals surface area (Å²) in [4.78, 5) is 4.08. The molecule has 68 valence electrons. The second-order valence-electron chi connectivity index (χ2n) is 4.08. The molecule has 1 atom stereocenters. The van der Waals surface area contributed by atoms with Gasteiger partial charge in [-0.05, 0) is 17.0 Å². The number of hydrogen-bond acceptors (Lipinski definition) is 2. The van der Waals surface area contributed by atoms with Gasteiger partial charge in [-0.25, -0.2) is 4.98 Å². The van der Waals surface area contributed by atoms with Crippen molar-refractivity contribution in [2.75, 3.05) is 0 Å². The Bertz CT molecular complexity index is 262. The molecule has 0 fully saturated rings. The van der Waals surface area contributed by atoms with Gasteiger partial charge in [0.1, 0.15) is 5.82 Å². The van der Waals surface area contributed by atoms with E-state index in [0.717, 1.165) is 5.82 Å². The molecular weight excluding hydrogens is 174 g/mol. The van der Waals surface area contributed by atoms with Gasteiger partial charge in [-0.15, -0.1) is 5.10 Å². The minimum atomic E-state index is 0.183. The van der Waals surface area contributed by atoms with Crippen LogP contribution < -0.4 is 0 Å². The Labute approximate surface area is 77.5 Å². The zero-order valence-corrected chi connectivity index (χ0v) is 8.61. The summed E-state index contributed by atoms with van der Waals surface area (Å²) in [5.41, 5.74) is 0.183. The van der Waals surface area contributed by atoms with E-state index < -0.39 is 0 Å². The minimum Gasteiger partial charge on any atom is -0.262 e. The lowest BCUT2D eigenvalue weighted by Crippen LogP contribution is -2.16. The topological polar surface area (TPSA) is 41.6 Å². The first-order chi connectivity index (χ1) is 5.41. The molecule has 0 aliphatic heterocycles. The number of aromatic amines is 1. The molecule has 0 saturated heterocycles. The van der Waals surface area contributed by atoms with Crippen LogP contribution in [0.5, 0.6) is 0 Å². The molecule has 0 radical (unpaired) electrons. The van der Waals surface area contributed by atoms with Gasteiger partial charge < -0.3 is 0 Å². The molecule has 0 saturated carbocycles. The maximum atomic E-state index is 5.60. The number of hydrogen-bond donors (Lipinski definition) is 1. The standard InChI is InChI=1S/C8H14ClN3/c1-5(8(2,3)4)6-10-7(9)12-11-6/h5H,1-4H3,(H,10,11,12). The summed E-state index contributed by atoms with van der Waals surface area (Å²) in [5.74, 6) is 1.19. The van der Waals surface area contributed by atoms with Crippen molar-refractivity contribution in [3.8, 4) is 0 Å². The number of nitrogens with one attached hydrogen (secondary N) is 1. The van der Waals surface area contributed by atoms with Gasteiger partial charge in [0.25, 0.3) is 0 Å². The van der Waals surface area contributed by atoms with E-state index in [1.54, 1.807) is 0 Å². The first kappa shape index (κ1) is 9.52. The van der Waals surface area contributed by atoms with Crippen LogP contribution in [-0.2, 0) is 0 Å². The van der Waals surface area contributed by atoms with Crippen LogP contribution in [0.15, 0.2) is 0 Å². The smallest absolute Gasteiger partial charge is 0.242 e. The Balaban J connectivity index is 2.85. The predicted octanol–water partition coefficient (Wildman–Crippen LogP) is 2.61. The molecule has 1 N–H and O–H groups in total. The fourth-order valence-electron chi connectivity index (χ4n) is 0.857. The fraction of sp³-hybridized carbons (Fsp3) is 0.750. The number of nitrogens with zero attached hydrogens (tertiary/aromatic N) is 2. The van der Waals surface area contributed by atoms with Crippen molar-refractivity contribution >= 4 is 11.6 Å². The van der Waals surface area contributed by atoms with Gasteiger partial charge in [0.2, 0.25) is 5.28 Å². The van der Waals surface area contributed by atoms with Crippen molar-refractivity contribution in [2.45, 2.75) is 33.6 Å². The van der Waals surface area contributed by atoms with Gasteiger partial charge >= 0.3 is 0 Å². The molecule has 1 rings (SSSR count). The molecule has 0 aliphatic rings. The summed E-state index contributed by atoms with van der Waals surface area (Å²) in [5, 5.41) is 6.89. The largest absolute Gasteiger partial charge is 0.262 e. The molecular formula is C8H14ClN3. The van der Waals surface area contributed by atoms with Crippen molar-refractivity contribution in [1.82, 2.24) is 15.2 Å². The number of H-pyrrole nitrogens is 1. The third-order valence-electron chi connectivity index (χ3n) is 2.18. The lowest BCUT2D eigenvalue weighted by Gasteiger charge is -2.24. The van der Waals surface area contributed by atoms with Crippen LogP contribution in [0.2, 0.25) is 5.28 Å². The van der Waals surface area contributed by atoms with Gasteiger partial charge in [0, 0.05) is 5.92 Å². The molecule has 0 aliphatic carbocycles. The van der Waals surface area contributed by atoms with Crippen molar-refractivity contribution in [3.63, 3.8) is 0 Å². The van der Waals surface area contributed by atoms with Crippen molar-refractivity contribution < 1.29 is 0 Å². The van der Waals surface area contributed by atoms with Gasteiger partial charge in [-0.3, -0.25) is 5.10 Å². The SMILES string of the molecule is CC(c1nc(Cl)n[nH]1)C(C)(C)C. The van der Waals surface area contributed by atoms with Crippen LogP contribution in [-0.4, -0.2) is 15.2 Å². The zero-order valence-electron chi connectivity index (χ0n) is 7.85. The molecule has 3 nitrogen and oxygen atoms in total. The lowest BCUT2D eigenvalue weighted by molar-refractivity contribution is 0.328. The van der Waals surface area contributed by atoms with Crippen LogP contribution in [0.1, 0.15) is 39.4 Å². The zero-order chi connectivity index (χ0) is 9.35. The van der Waals surface area contributed by atoms with E-state index in [1.807, 2.05) is 0 Å². The molecule has 4 heteroatoms. The monoisotopic (exact) mass is 187 g/mol. The van der Waals surface area contributed by atoms with E-state index >= 15 is 0 Å². The molecule has 0 amide bonds. The van der Waals surface area contributed by atoms with Gasteiger partial charge in [-0.1, -0.05) is 27.7 Å². The maximum Gasteiger partial charge on any atom is 0.242 e. The predicted molar refractivity (Wildman–Crippen MR) is 49.3 cm³/mol. The van der Waals surface area contributed by atoms with Crippen molar-refractivity contribution in [1.29, 1.82) is 0 Å². The average molecular weight is 188 g/mol. The molecule has 12 heavy (non-hydrogen) atoms. The van der Waals surface area contributed by atoms with Crippen LogP contribution in [0, 0.1) is 5.41 Å². The summed E-state index contributed by atoms with van der Waals surface area (Å²) >= 11 is 5.60. The van der Waals surface area contributed by atoms with Crippen LogP contribution in [0.25, 0.3) is 0 Å². The second-order valence-corrected chi connectivity index (χ2v) is 4.42. The summed E-state index contributed by atoms with van der Waals surface area (Å²) in [6.07, 6.45) is 0. The Hall–Kier alpha value is -0.570. The van der Waals surface area contributed by atoms with E-state index in [9.17, 15) is 0 Å². The summed E-state index contributed by atoms with van der Waals surface area (Å²) in [6.45, 7) is 8.59. The molecule has 0 aromatic carbocycles. The minimum absolute atomic E-state index is 0.183. The molecule has 0 bridgehead atoms. The Kier molecular flexibility index (Phi) is 2.42. The average Bonchev–Trinajstić information content (AvgIpc) is 2.32. The summed E-state index contributed by atoms with van der Waals surface area (Å²) in [7, 11) is 0. The van der Waals surface area contributed by atoms with E-state index in [-0.39, 0.29) is 5.41 Å². The Morgan fingerprint density at radius 1 is 1.42 bits per heavy atom. The van der Waals surface area contributed by atoms with E-state index in [2.05, 4.69) is 42.9 Å². The summed E-state index contributed by atoms with van der Waals surface area (Å²) < 4.78 is 0. The first-order valence-corrected chi connectivity index (χ1v) is 4.37. The maximum absolute atomic E-state index is 5.60. The molecule has 1 aromatic heterocycles. The molecule has 1 heterocycles. The third-order valence-corrected chi connectivity index (χ3v) is 2.35. The summed E-state index contributed by atoms with van der Waals surface area (Å²) in [6, 6.07) is 0. The van der Waals surface area contributed by atoms with Crippen molar-refractivity contribution in [3.05, 3.63) is 11.1 Å². The molecule has 1 aromatic rings. The van der Waals surface area contributed by atoms with E-state index in [4.69, 9.17) is 11.6 Å². The van der Waals surface area contributed by atoms with Gasteiger partial charge in [0.05, 0.1) is 0 Å². The Morgan fingerprint density at radius 2 is 2.00 bits per heavy atom.